The van der Waals surface area contributed by atoms with Crippen molar-refractivity contribution in [2.75, 3.05) is 6.54 Å². The van der Waals surface area contributed by atoms with Gasteiger partial charge in [-0.25, -0.2) is 0 Å². The van der Waals surface area contributed by atoms with E-state index in [1.165, 1.54) is 0 Å². The molecule has 0 saturated heterocycles. The van der Waals surface area contributed by atoms with Gasteiger partial charge in [0.05, 0.1) is 13.1 Å². The number of carbonyl (C=O) groups is 2. The maximum atomic E-state index is 13.0. The molecule has 6 nitrogen and oxygen atoms in total. The summed E-state index contributed by atoms with van der Waals surface area (Å²) in [6, 6.07) is 14.7. The molecule has 0 aliphatic heterocycles. The smallest absolute Gasteiger partial charge is 0.273 e. The van der Waals surface area contributed by atoms with Crippen molar-refractivity contribution in [1.82, 2.24) is 15.4 Å². The molecule has 0 atom stereocenters. The van der Waals surface area contributed by atoms with Crippen LogP contribution in [0.25, 0.3) is 0 Å². The predicted molar refractivity (Wildman–Crippen MR) is 108 cm³/mol. The summed E-state index contributed by atoms with van der Waals surface area (Å²) in [5.41, 5.74) is 0.826. The average Bonchev–Trinajstić information content (AvgIpc) is 3.38. The topological polar surface area (TPSA) is 75.4 Å². The third-order valence-corrected chi connectivity index (χ3v) is 4.91. The quantitative estimate of drug-likeness (QED) is 0.624. The van der Waals surface area contributed by atoms with Gasteiger partial charge in [0, 0.05) is 23.1 Å². The fourth-order valence-electron chi connectivity index (χ4n) is 2.62. The van der Waals surface area contributed by atoms with Crippen LogP contribution in [0.5, 0.6) is 0 Å². The maximum absolute atomic E-state index is 13.0. The largest absolute Gasteiger partial charge is 0.359 e. The van der Waals surface area contributed by atoms with Gasteiger partial charge >= 0.3 is 0 Å². The molecule has 1 aromatic carbocycles. The molecule has 3 rings (SSSR count). The molecule has 1 N–H and O–H groups in total. The van der Waals surface area contributed by atoms with Gasteiger partial charge < -0.3 is 14.7 Å². The molecule has 0 saturated carbocycles. The molecule has 2 heterocycles. The molecule has 0 aliphatic carbocycles. The summed E-state index contributed by atoms with van der Waals surface area (Å²) in [6.45, 7) is 5.30. The minimum absolute atomic E-state index is 0.101. The number of thiophene rings is 1. The van der Waals surface area contributed by atoms with Gasteiger partial charge in [-0.15, -0.1) is 11.3 Å². The molecule has 2 amide bonds. The number of nitrogens with one attached hydrogen (secondary N) is 1. The average molecular weight is 398 g/mol. The van der Waals surface area contributed by atoms with Crippen LogP contribution in [0, 0.1) is 5.92 Å². The van der Waals surface area contributed by atoms with Gasteiger partial charge in [-0.1, -0.05) is 43.3 Å². The molecule has 0 fully saturated rings. The van der Waals surface area contributed by atoms with Crippen molar-refractivity contribution in [2.24, 2.45) is 5.92 Å². The minimum Gasteiger partial charge on any atom is -0.359 e. The Balaban J connectivity index is 1.74. The maximum Gasteiger partial charge on any atom is 0.273 e. The Morgan fingerprint density at radius 2 is 1.93 bits per heavy atom. The fourth-order valence-corrected chi connectivity index (χ4v) is 3.34. The van der Waals surface area contributed by atoms with Crippen molar-refractivity contribution in [3.63, 3.8) is 0 Å². The Labute approximate surface area is 168 Å². The molecule has 0 aliphatic rings. The molecule has 7 heteroatoms. The van der Waals surface area contributed by atoms with Gasteiger partial charge in [-0.2, -0.15) is 0 Å². The van der Waals surface area contributed by atoms with E-state index < -0.39 is 0 Å². The second-order valence-electron chi connectivity index (χ2n) is 6.89. The van der Waals surface area contributed by atoms with Crippen LogP contribution >= 0.6 is 11.3 Å². The van der Waals surface area contributed by atoms with Crippen LogP contribution in [0.1, 0.15) is 45.3 Å². The fraction of sp³-hybridized carbons (Fsp3) is 0.286. The highest BCUT2D eigenvalue weighted by Gasteiger charge is 2.20. The summed E-state index contributed by atoms with van der Waals surface area (Å²) in [5.74, 6) is 0.440. The van der Waals surface area contributed by atoms with E-state index in [1.807, 2.05) is 49.6 Å². The summed E-state index contributed by atoms with van der Waals surface area (Å²) in [6.07, 6.45) is 0. The Bertz CT molecular complexity index is 904. The normalized spacial score (nSPS) is 10.8. The molecule has 2 aromatic heterocycles. The van der Waals surface area contributed by atoms with Crippen molar-refractivity contribution in [3.05, 3.63) is 75.8 Å². The van der Waals surface area contributed by atoms with E-state index in [9.17, 15) is 9.59 Å². The van der Waals surface area contributed by atoms with Crippen molar-refractivity contribution >= 4 is 23.2 Å². The zero-order valence-corrected chi connectivity index (χ0v) is 16.7. The number of aromatic nitrogens is 1. The molecule has 0 bridgehead atoms. The second-order valence-corrected chi connectivity index (χ2v) is 7.92. The van der Waals surface area contributed by atoms with Crippen LogP contribution in [0.2, 0.25) is 0 Å². The zero-order valence-electron chi connectivity index (χ0n) is 15.9. The van der Waals surface area contributed by atoms with Crippen LogP contribution < -0.4 is 5.32 Å². The van der Waals surface area contributed by atoms with Crippen LogP contribution in [-0.2, 0) is 13.1 Å². The SMILES string of the molecule is CC(C)CNC(=O)c1cc(CN(Cc2cccs2)C(=O)c2ccccc2)on1. The van der Waals surface area contributed by atoms with E-state index in [0.29, 0.717) is 30.3 Å². The van der Waals surface area contributed by atoms with Crippen LogP contribution in [-0.4, -0.2) is 28.4 Å². The Kier molecular flexibility index (Phi) is 6.60. The monoisotopic (exact) mass is 397 g/mol. The van der Waals surface area contributed by atoms with E-state index in [4.69, 9.17) is 4.52 Å². The summed E-state index contributed by atoms with van der Waals surface area (Å²) in [4.78, 5) is 27.9. The second kappa shape index (κ2) is 9.32. The Hall–Kier alpha value is -2.93. The number of hydrogen-bond donors (Lipinski definition) is 1. The number of rotatable bonds is 8. The lowest BCUT2D eigenvalue weighted by Crippen LogP contribution is -2.29. The summed E-state index contributed by atoms with van der Waals surface area (Å²) in [7, 11) is 0. The molecule has 146 valence electrons. The van der Waals surface area contributed by atoms with Gasteiger partial charge in [0.1, 0.15) is 0 Å². The number of carbonyl (C=O) groups excluding carboxylic acids is 2. The standard InChI is InChI=1S/C21H23N3O3S/c1-15(2)12-22-20(25)19-11-17(27-23-19)13-24(14-18-9-6-10-28-18)21(26)16-7-4-3-5-8-16/h3-11,15H,12-14H2,1-2H3,(H,22,25). The number of benzene rings is 1. The van der Waals surface area contributed by atoms with Gasteiger partial charge in [-0.05, 0) is 29.5 Å². The summed E-state index contributed by atoms with van der Waals surface area (Å²) < 4.78 is 5.33. The highest BCUT2D eigenvalue weighted by Crippen LogP contribution is 2.18. The Morgan fingerprint density at radius 3 is 2.61 bits per heavy atom. The lowest BCUT2D eigenvalue weighted by molar-refractivity contribution is 0.0715. The van der Waals surface area contributed by atoms with Crippen molar-refractivity contribution < 1.29 is 14.1 Å². The van der Waals surface area contributed by atoms with Gasteiger partial charge in [0.2, 0.25) is 0 Å². The lowest BCUT2D eigenvalue weighted by atomic mass is 10.2. The highest BCUT2D eigenvalue weighted by atomic mass is 32.1. The van der Waals surface area contributed by atoms with Crippen LogP contribution in [0.4, 0.5) is 0 Å². The van der Waals surface area contributed by atoms with E-state index >= 15 is 0 Å². The van der Waals surface area contributed by atoms with Gasteiger partial charge in [0.25, 0.3) is 11.8 Å². The third kappa shape index (κ3) is 5.29. The molecular formula is C21H23N3O3S. The number of nitrogens with zero attached hydrogens (tertiary/aromatic N) is 2. The van der Waals surface area contributed by atoms with Crippen molar-refractivity contribution in [2.45, 2.75) is 26.9 Å². The minimum atomic E-state index is -0.275. The molecule has 0 spiro atoms. The summed E-state index contributed by atoms with van der Waals surface area (Å²) in [5, 5.41) is 8.64. The summed E-state index contributed by atoms with van der Waals surface area (Å²) >= 11 is 1.59. The first-order valence-corrected chi connectivity index (χ1v) is 10.0. The van der Waals surface area contributed by atoms with Crippen molar-refractivity contribution in [3.8, 4) is 0 Å². The van der Waals surface area contributed by atoms with Crippen LogP contribution in [0.15, 0.2) is 58.4 Å². The molecule has 3 aromatic rings. The Morgan fingerprint density at radius 1 is 1.14 bits per heavy atom. The third-order valence-electron chi connectivity index (χ3n) is 4.04. The van der Waals surface area contributed by atoms with E-state index in [2.05, 4.69) is 10.5 Å². The first-order chi connectivity index (χ1) is 13.5. The lowest BCUT2D eigenvalue weighted by Gasteiger charge is -2.20. The van der Waals surface area contributed by atoms with Crippen LogP contribution in [0.3, 0.4) is 0 Å². The van der Waals surface area contributed by atoms with Gasteiger partial charge in [0.15, 0.2) is 11.5 Å². The van der Waals surface area contributed by atoms with E-state index in [-0.39, 0.29) is 24.1 Å². The molecular weight excluding hydrogens is 374 g/mol. The first-order valence-electron chi connectivity index (χ1n) is 9.13. The predicted octanol–water partition coefficient (Wildman–Crippen LogP) is 3.96. The number of hydrogen-bond acceptors (Lipinski definition) is 5. The first kappa shape index (κ1) is 19.8. The van der Waals surface area contributed by atoms with E-state index in [0.717, 1.165) is 4.88 Å². The van der Waals surface area contributed by atoms with Crippen molar-refractivity contribution in [1.29, 1.82) is 0 Å². The molecule has 0 radical (unpaired) electrons. The van der Waals surface area contributed by atoms with E-state index in [1.54, 1.807) is 34.4 Å². The van der Waals surface area contributed by atoms with Gasteiger partial charge in [-0.3, -0.25) is 9.59 Å². The highest BCUT2D eigenvalue weighted by molar-refractivity contribution is 7.09. The zero-order chi connectivity index (χ0) is 19.9. The number of amides is 2. The molecule has 28 heavy (non-hydrogen) atoms. The molecule has 0 unspecified atom stereocenters.